The van der Waals surface area contributed by atoms with Crippen LogP contribution in [0.2, 0.25) is 0 Å². The molecule has 0 aliphatic heterocycles. The zero-order valence-corrected chi connectivity index (χ0v) is 11.7. The van der Waals surface area contributed by atoms with Crippen molar-refractivity contribution in [3.8, 4) is 0 Å². The number of carboxylic acid groups (broad SMARTS) is 1. The number of amides is 1. The van der Waals surface area contributed by atoms with Crippen molar-refractivity contribution in [3.63, 3.8) is 0 Å². The summed E-state index contributed by atoms with van der Waals surface area (Å²) in [5.41, 5.74) is 0. The van der Waals surface area contributed by atoms with Gasteiger partial charge in [0, 0.05) is 6.54 Å². The fourth-order valence-corrected chi connectivity index (χ4v) is 1.46. The van der Waals surface area contributed by atoms with Crippen LogP contribution in [0, 0.1) is 11.8 Å². The first-order valence-corrected chi connectivity index (χ1v) is 6.47. The van der Waals surface area contributed by atoms with E-state index in [1.807, 2.05) is 27.7 Å². The zero-order chi connectivity index (χ0) is 14.1. The number of hydrogen-bond acceptors (Lipinski definition) is 3. The summed E-state index contributed by atoms with van der Waals surface area (Å²) in [6, 6.07) is 0. The first kappa shape index (κ1) is 16.9. The largest absolute Gasteiger partial charge is 0.481 e. The molecule has 0 aromatic rings. The Balaban J connectivity index is 3.96. The minimum Gasteiger partial charge on any atom is -0.481 e. The summed E-state index contributed by atoms with van der Waals surface area (Å²) < 4.78 is 5.27. The summed E-state index contributed by atoms with van der Waals surface area (Å²) >= 11 is 0. The van der Waals surface area contributed by atoms with Gasteiger partial charge in [-0.1, -0.05) is 20.8 Å². The number of carbonyl (C=O) groups excluding carboxylic acids is 1. The number of rotatable bonds is 9. The van der Waals surface area contributed by atoms with Gasteiger partial charge < -0.3 is 15.2 Å². The second-order valence-corrected chi connectivity index (χ2v) is 5.00. The summed E-state index contributed by atoms with van der Waals surface area (Å²) in [6.45, 7) is 7.95. The molecular formula is C13H25NO4. The minimum atomic E-state index is -0.869. The molecule has 5 nitrogen and oxygen atoms in total. The van der Waals surface area contributed by atoms with Gasteiger partial charge in [-0.25, -0.2) is 0 Å². The van der Waals surface area contributed by atoms with Crippen LogP contribution in [0.4, 0.5) is 0 Å². The predicted molar refractivity (Wildman–Crippen MR) is 69.3 cm³/mol. The van der Waals surface area contributed by atoms with Gasteiger partial charge in [0.2, 0.25) is 5.91 Å². The van der Waals surface area contributed by atoms with Crippen LogP contribution in [0.15, 0.2) is 0 Å². The van der Waals surface area contributed by atoms with Crippen molar-refractivity contribution in [3.05, 3.63) is 0 Å². The van der Waals surface area contributed by atoms with Crippen molar-refractivity contribution in [1.82, 2.24) is 5.32 Å². The second kappa shape index (κ2) is 8.91. The van der Waals surface area contributed by atoms with Crippen LogP contribution < -0.4 is 5.32 Å². The molecule has 0 spiro atoms. The van der Waals surface area contributed by atoms with Crippen LogP contribution in [-0.4, -0.2) is 36.2 Å². The van der Waals surface area contributed by atoms with E-state index < -0.39 is 11.9 Å². The third-order valence-corrected chi connectivity index (χ3v) is 2.72. The number of hydrogen-bond donors (Lipinski definition) is 2. The normalized spacial score (nSPS) is 14.3. The average molecular weight is 259 g/mol. The van der Waals surface area contributed by atoms with Crippen LogP contribution in [0.3, 0.4) is 0 Å². The third kappa shape index (κ3) is 8.06. The predicted octanol–water partition coefficient (Wildman–Crippen LogP) is 1.66. The average Bonchev–Trinajstić information content (AvgIpc) is 2.30. The van der Waals surface area contributed by atoms with Crippen LogP contribution in [0.25, 0.3) is 0 Å². The Bertz CT molecular complexity index is 266. The van der Waals surface area contributed by atoms with E-state index in [1.54, 1.807) is 0 Å². The lowest BCUT2D eigenvalue weighted by atomic mass is 9.97. The topological polar surface area (TPSA) is 75.6 Å². The fraction of sp³-hybridized carbons (Fsp3) is 0.846. The molecule has 0 aliphatic rings. The summed E-state index contributed by atoms with van der Waals surface area (Å²) in [4.78, 5) is 22.4. The number of carboxylic acids is 1. The number of ether oxygens (including phenoxy) is 1. The van der Waals surface area contributed by atoms with E-state index in [0.29, 0.717) is 12.3 Å². The standard InChI is InChI=1S/C13H25NO4/c1-5-10(4)18-8-12(15)14-7-11(13(16)17)6-9(2)3/h9-11H,5-8H2,1-4H3,(H,14,15)(H,16,17). The Labute approximate surface area is 109 Å². The quantitative estimate of drug-likeness (QED) is 0.660. The van der Waals surface area contributed by atoms with E-state index in [9.17, 15) is 9.59 Å². The zero-order valence-electron chi connectivity index (χ0n) is 11.7. The molecule has 2 atom stereocenters. The molecule has 0 saturated carbocycles. The van der Waals surface area contributed by atoms with Crippen LogP contribution >= 0.6 is 0 Å². The lowest BCUT2D eigenvalue weighted by Crippen LogP contribution is -2.36. The molecule has 2 N–H and O–H groups in total. The molecule has 0 aromatic carbocycles. The van der Waals surface area contributed by atoms with Gasteiger partial charge in [0.25, 0.3) is 0 Å². The van der Waals surface area contributed by atoms with Gasteiger partial charge >= 0.3 is 5.97 Å². The maximum absolute atomic E-state index is 11.4. The monoisotopic (exact) mass is 259 g/mol. The van der Waals surface area contributed by atoms with Gasteiger partial charge in [-0.05, 0) is 25.7 Å². The molecule has 0 bridgehead atoms. The summed E-state index contributed by atoms with van der Waals surface area (Å²) in [5.74, 6) is -1.37. The molecule has 0 saturated heterocycles. The SMILES string of the molecule is CCC(C)OCC(=O)NCC(CC(C)C)C(=O)O. The molecule has 0 heterocycles. The highest BCUT2D eigenvalue weighted by atomic mass is 16.5. The lowest BCUT2D eigenvalue weighted by Gasteiger charge is -2.16. The molecule has 18 heavy (non-hydrogen) atoms. The highest BCUT2D eigenvalue weighted by Crippen LogP contribution is 2.11. The molecular weight excluding hydrogens is 234 g/mol. The van der Waals surface area contributed by atoms with Gasteiger partial charge in [0.05, 0.1) is 12.0 Å². The number of nitrogens with one attached hydrogen (secondary N) is 1. The minimum absolute atomic E-state index is 0.0109. The molecule has 0 radical (unpaired) electrons. The molecule has 5 heteroatoms. The Morgan fingerprint density at radius 2 is 1.89 bits per heavy atom. The van der Waals surface area contributed by atoms with Crippen molar-refractivity contribution >= 4 is 11.9 Å². The first-order valence-electron chi connectivity index (χ1n) is 6.47. The lowest BCUT2D eigenvalue weighted by molar-refractivity contribution is -0.142. The van der Waals surface area contributed by atoms with Crippen LogP contribution in [0.1, 0.15) is 40.5 Å². The molecule has 0 fully saturated rings. The molecule has 2 unspecified atom stereocenters. The summed E-state index contributed by atoms with van der Waals surface area (Å²) in [7, 11) is 0. The van der Waals surface area contributed by atoms with Gasteiger partial charge in [0.15, 0.2) is 0 Å². The van der Waals surface area contributed by atoms with Gasteiger partial charge in [0.1, 0.15) is 6.61 Å². The van der Waals surface area contributed by atoms with Crippen LogP contribution in [0.5, 0.6) is 0 Å². The maximum atomic E-state index is 11.4. The van der Waals surface area contributed by atoms with Crippen molar-refractivity contribution in [2.75, 3.05) is 13.2 Å². The first-order chi connectivity index (χ1) is 8.36. The van der Waals surface area contributed by atoms with E-state index in [-0.39, 0.29) is 25.2 Å². The Hall–Kier alpha value is -1.10. The molecule has 106 valence electrons. The van der Waals surface area contributed by atoms with E-state index in [4.69, 9.17) is 9.84 Å². The summed E-state index contributed by atoms with van der Waals surface area (Å²) in [6.07, 6.45) is 1.45. The van der Waals surface area contributed by atoms with Gasteiger partial charge in [-0.3, -0.25) is 9.59 Å². The fourth-order valence-electron chi connectivity index (χ4n) is 1.46. The molecule has 1 amide bonds. The van der Waals surface area contributed by atoms with E-state index in [0.717, 1.165) is 6.42 Å². The van der Waals surface area contributed by atoms with Crippen molar-refractivity contribution in [1.29, 1.82) is 0 Å². The highest BCUT2D eigenvalue weighted by Gasteiger charge is 2.19. The van der Waals surface area contributed by atoms with E-state index in [1.165, 1.54) is 0 Å². The number of aliphatic carboxylic acids is 1. The third-order valence-electron chi connectivity index (χ3n) is 2.72. The number of carbonyl (C=O) groups is 2. The second-order valence-electron chi connectivity index (χ2n) is 5.00. The van der Waals surface area contributed by atoms with E-state index in [2.05, 4.69) is 5.32 Å². The maximum Gasteiger partial charge on any atom is 0.308 e. The van der Waals surface area contributed by atoms with Gasteiger partial charge in [-0.2, -0.15) is 0 Å². The Kier molecular flexibility index (Phi) is 8.37. The van der Waals surface area contributed by atoms with Crippen molar-refractivity contribution in [2.45, 2.75) is 46.6 Å². The van der Waals surface area contributed by atoms with E-state index >= 15 is 0 Å². The van der Waals surface area contributed by atoms with Crippen molar-refractivity contribution < 1.29 is 19.4 Å². The summed E-state index contributed by atoms with van der Waals surface area (Å²) in [5, 5.41) is 11.6. The molecule has 0 aliphatic carbocycles. The smallest absolute Gasteiger partial charge is 0.308 e. The van der Waals surface area contributed by atoms with Crippen LogP contribution in [-0.2, 0) is 14.3 Å². The molecule has 0 aromatic heterocycles. The van der Waals surface area contributed by atoms with Gasteiger partial charge in [-0.15, -0.1) is 0 Å². The Morgan fingerprint density at radius 1 is 1.28 bits per heavy atom. The molecule has 0 rings (SSSR count). The Morgan fingerprint density at radius 3 is 2.33 bits per heavy atom. The van der Waals surface area contributed by atoms with Crippen molar-refractivity contribution in [2.24, 2.45) is 11.8 Å². The highest BCUT2D eigenvalue weighted by molar-refractivity contribution is 5.78.